The third-order valence-corrected chi connectivity index (χ3v) is 3.86. The first kappa shape index (κ1) is 16.0. The highest BCUT2D eigenvalue weighted by molar-refractivity contribution is 5.75. The summed E-state index contributed by atoms with van der Waals surface area (Å²) in [7, 11) is 0. The molecule has 1 rings (SSSR count). The summed E-state index contributed by atoms with van der Waals surface area (Å²) in [6.07, 6.45) is 11.0. The molecule has 1 fully saturated rings. The third kappa shape index (κ3) is 8.62. The number of carbonyl (C=O) groups is 2. The minimum absolute atomic E-state index is 0.0763. The summed E-state index contributed by atoms with van der Waals surface area (Å²) in [5.74, 6) is -0.0642. The van der Waals surface area contributed by atoms with Crippen LogP contribution < -0.4 is 5.32 Å². The lowest BCUT2D eigenvalue weighted by Crippen LogP contribution is -2.29. The Balaban J connectivity index is 2.06. The number of aliphatic carboxylic acids is 1. The average Bonchev–Trinajstić information content (AvgIpc) is 2.33. The van der Waals surface area contributed by atoms with Gasteiger partial charge < -0.3 is 10.4 Å². The molecule has 1 aliphatic carbocycles. The van der Waals surface area contributed by atoms with Crippen molar-refractivity contribution in [1.29, 1.82) is 0 Å². The van der Waals surface area contributed by atoms with Crippen molar-refractivity contribution in [3.8, 4) is 0 Å². The van der Waals surface area contributed by atoms with Crippen LogP contribution in [0.15, 0.2) is 0 Å². The molecule has 0 aromatic carbocycles. The molecule has 0 aromatic rings. The molecular weight excluding hydrogens is 242 g/mol. The predicted octanol–water partition coefficient (Wildman–Crippen LogP) is 3.11. The second kappa shape index (κ2) is 9.82. The van der Waals surface area contributed by atoms with Crippen LogP contribution in [0.5, 0.6) is 0 Å². The lowest BCUT2D eigenvalue weighted by atomic mass is 9.91. The molecule has 0 aromatic heterocycles. The Kier molecular flexibility index (Phi) is 8.26. The SMILES string of the molecule is O=C(O)CCCCC(=O)NCC1CCCCCCC1. The molecular formula is C15H27NO3. The van der Waals surface area contributed by atoms with Crippen molar-refractivity contribution in [2.24, 2.45) is 5.92 Å². The maximum atomic E-state index is 11.6. The molecule has 1 aliphatic rings. The van der Waals surface area contributed by atoms with E-state index in [1.807, 2.05) is 0 Å². The summed E-state index contributed by atoms with van der Waals surface area (Å²) in [6.45, 7) is 0.803. The molecule has 0 radical (unpaired) electrons. The van der Waals surface area contributed by atoms with Crippen LogP contribution in [0.2, 0.25) is 0 Å². The standard InChI is InChI=1S/C15H27NO3/c17-14(10-6-7-11-15(18)19)16-12-13-8-4-2-1-3-5-9-13/h13H,1-12H2,(H,16,17)(H,18,19). The van der Waals surface area contributed by atoms with E-state index in [1.165, 1.54) is 44.9 Å². The zero-order valence-corrected chi connectivity index (χ0v) is 11.8. The van der Waals surface area contributed by atoms with Crippen LogP contribution >= 0.6 is 0 Å². The van der Waals surface area contributed by atoms with Crippen LogP contribution in [0.3, 0.4) is 0 Å². The van der Waals surface area contributed by atoms with Crippen molar-refractivity contribution >= 4 is 11.9 Å². The molecule has 4 nitrogen and oxygen atoms in total. The Morgan fingerprint density at radius 1 is 0.947 bits per heavy atom. The number of hydrogen-bond donors (Lipinski definition) is 2. The van der Waals surface area contributed by atoms with Crippen LogP contribution in [0, 0.1) is 5.92 Å². The minimum Gasteiger partial charge on any atom is -0.481 e. The van der Waals surface area contributed by atoms with E-state index in [9.17, 15) is 9.59 Å². The molecule has 0 unspecified atom stereocenters. The van der Waals surface area contributed by atoms with Gasteiger partial charge in [-0.25, -0.2) is 0 Å². The first-order valence-corrected chi connectivity index (χ1v) is 7.67. The second-order valence-electron chi connectivity index (χ2n) is 5.62. The Hall–Kier alpha value is -1.06. The molecule has 0 saturated heterocycles. The van der Waals surface area contributed by atoms with Gasteiger partial charge >= 0.3 is 5.97 Å². The van der Waals surface area contributed by atoms with Crippen molar-refractivity contribution in [2.75, 3.05) is 6.54 Å². The summed E-state index contributed by atoms with van der Waals surface area (Å²) < 4.78 is 0. The van der Waals surface area contributed by atoms with Gasteiger partial charge in [0, 0.05) is 19.4 Å². The molecule has 19 heavy (non-hydrogen) atoms. The van der Waals surface area contributed by atoms with Gasteiger partial charge in [0.25, 0.3) is 0 Å². The Labute approximate surface area is 116 Å². The number of carbonyl (C=O) groups excluding carboxylic acids is 1. The van der Waals surface area contributed by atoms with Crippen molar-refractivity contribution in [3.05, 3.63) is 0 Å². The highest BCUT2D eigenvalue weighted by Gasteiger charge is 2.12. The molecule has 0 aliphatic heterocycles. The number of rotatable bonds is 7. The van der Waals surface area contributed by atoms with Crippen molar-refractivity contribution < 1.29 is 14.7 Å². The van der Waals surface area contributed by atoms with E-state index in [2.05, 4.69) is 5.32 Å². The summed E-state index contributed by atoms with van der Waals surface area (Å²) in [5, 5.41) is 11.5. The first-order valence-electron chi connectivity index (χ1n) is 7.67. The maximum absolute atomic E-state index is 11.6. The molecule has 0 atom stereocenters. The zero-order chi connectivity index (χ0) is 13.9. The summed E-state index contributed by atoms with van der Waals surface area (Å²) in [5.41, 5.74) is 0. The fourth-order valence-corrected chi connectivity index (χ4v) is 2.65. The van der Waals surface area contributed by atoms with Crippen molar-refractivity contribution in [2.45, 2.75) is 70.6 Å². The maximum Gasteiger partial charge on any atom is 0.303 e. The van der Waals surface area contributed by atoms with Crippen molar-refractivity contribution in [3.63, 3.8) is 0 Å². The Morgan fingerprint density at radius 3 is 2.16 bits per heavy atom. The van der Waals surface area contributed by atoms with Gasteiger partial charge in [0.2, 0.25) is 5.91 Å². The van der Waals surface area contributed by atoms with E-state index in [0.29, 0.717) is 25.2 Å². The third-order valence-electron chi connectivity index (χ3n) is 3.86. The summed E-state index contributed by atoms with van der Waals surface area (Å²) in [4.78, 5) is 22.0. The number of nitrogens with one attached hydrogen (secondary N) is 1. The molecule has 4 heteroatoms. The fraction of sp³-hybridized carbons (Fsp3) is 0.867. The van der Waals surface area contributed by atoms with Crippen LogP contribution in [0.1, 0.15) is 70.6 Å². The van der Waals surface area contributed by atoms with Gasteiger partial charge in [0.1, 0.15) is 0 Å². The van der Waals surface area contributed by atoms with Gasteiger partial charge in [-0.05, 0) is 31.6 Å². The molecule has 0 bridgehead atoms. The van der Waals surface area contributed by atoms with Crippen molar-refractivity contribution in [1.82, 2.24) is 5.32 Å². The quantitative estimate of drug-likeness (QED) is 0.698. The number of carboxylic acid groups (broad SMARTS) is 1. The number of unbranched alkanes of at least 4 members (excludes halogenated alkanes) is 1. The van der Waals surface area contributed by atoms with Gasteiger partial charge in [-0.2, -0.15) is 0 Å². The number of carboxylic acids is 1. The minimum atomic E-state index is -0.782. The normalized spacial score (nSPS) is 17.5. The van der Waals surface area contributed by atoms with E-state index in [4.69, 9.17) is 5.11 Å². The average molecular weight is 269 g/mol. The monoisotopic (exact) mass is 269 g/mol. The zero-order valence-electron chi connectivity index (χ0n) is 11.8. The highest BCUT2D eigenvalue weighted by atomic mass is 16.4. The van der Waals surface area contributed by atoms with Crippen LogP contribution in [-0.4, -0.2) is 23.5 Å². The Morgan fingerprint density at radius 2 is 1.53 bits per heavy atom. The summed E-state index contributed by atoms with van der Waals surface area (Å²) >= 11 is 0. The highest BCUT2D eigenvalue weighted by Crippen LogP contribution is 2.21. The lowest BCUT2D eigenvalue weighted by Gasteiger charge is -2.19. The molecule has 110 valence electrons. The van der Waals surface area contributed by atoms with E-state index >= 15 is 0 Å². The van der Waals surface area contributed by atoms with E-state index in [-0.39, 0.29) is 12.3 Å². The smallest absolute Gasteiger partial charge is 0.303 e. The Bertz CT molecular complexity index is 271. The van der Waals surface area contributed by atoms with Gasteiger partial charge in [0.15, 0.2) is 0 Å². The second-order valence-corrected chi connectivity index (χ2v) is 5.62. The van der Waals surface area contributed by atoms with E-state index in [1.54, 1.807) is 0 Å². The van der Waals surface area contributed by atoms with Gasteiger partial charge in [-0.1, -0.05) is 32.1 Å². The molecule has 0 spiro atoms. The molecule has 1 saturated carbocycles. The van der Waals surface area contributed by atoms with Gasteiger partial charge in [-0.3, -0.25) is 9.59 Å². The van der Waals surface area contributed by atoms with Crippen LogP contribution in [0.4, 0.5) is 0 Å². The lowest BCUT2D eigenvalue weighted by molar-refractivity contribution is -0.137. The molecule has 0 heterocycles. The largest absolute Gasteiger partial charge is 0.481 e. The topological polar surface area (TPSA) is 66.4 Å². The van der Waals surface area contributed by atoms with E-state index in [0.717, 1.165) is 6.54 Å². The molecule has 1 amide bonds. The van der Waals surface area contributed by atoms with Crippen LogP contribution in [0.25, 0.3) is 0 Å². The molecule has 2 N–H and O–H groups in total. The predicted molar refractivity (Wildman–Crippen MR) is 74.9 cm³/mol. The summed E-state index contributed by atoms with van der Waals surface area (Å²) in [6, 6.07) is 0. The van der Waals surface area contributed by atoms with Crippen LogP contribution in [-0.2, 0) is 9.59 Å². The fourth-order valence-electron chi connectivity index (χ4n) is 2.65. The van der Waals surface area contributed by atoms with Gasteiger partial charge in [-0.15, -0.1) is 0 Å². The number of hydrogen-bond acceptors (Lipinski definition) is 2. The van der Waals surface area contributed by atoms with E-state index < -0.39 is 5.97 Å². The first-order chi connectivity index (χ1) is 9.18. The van der Waals surface area contributed by atoms with Gasteiger partial charge in [0.05, 0.1) is 0 Å². The number of amides is 1.